The van der Waals surface area contributed by atoms with Crippen LogP contribution in [-0.4, -0.2) is 24.5 Å². The van der Waals surface area contributed by atoms with E-state index >= 15 is 0 Å². The summed E-state index contributed by atoms with van der Waals surface area (Å²) >= 11 is 3.63. The third kappa shape index (κ3) is 2.90. The Morgan fingerprint density at radius 1 is 1.41 bits per heavy atom. The van der Waals surface area contributed by atoms with Gasteiger partial charge in [0.05, 0.1) is 0 Å². The molecule has 0 aliphatic carbocycles. The first-order valence-corrected chi connectivity index (χ1v) is 7.01. The number of likely N-dealkylation sites (tertiary alicyclic amines) is 1. The van der Waals surface area contributed by atoms with Crippen molar-refractivity contribution in [3.63, 3.8) is 0 Å². The fourth-order valence-corrected chi connectivity index (χ4v) is 3.19. The normalized spacial score (nSPS) is 21.6. The Balaban J connectivity index is 2.21. The lowest BCUT2D eigenvalue weighted by atomic mass is 9.93. The fraction of sp³-hybridized carbons (Fsp3) is 0.571. The SMILES string of the molecule is CC1(C)CCN(C(CN)c2ccccc2Br)C1. The molecule has 1 unspecified atom stereocenters. The third-order valence-electron chi connectivity index (χ3n) is 3.64. The number of halogens is 1. The minimum atomic E-state index is 0.340. The van der Waals surface area contributed by atoms with Gasteiger partial charge in [-0.1, -0.05) is 48.0 Å². The van der Waals surface area contributed by atoms with Crippen molar-refractivity contribution in [1.29, 1.82) is 0 Å². The lowest BCUT2D eigenvalue weighted by molar-refractivity contribution is 0.223. The minimum Gasteiger partial charge on any atom is -0.329 e. The largest absolute Gasteiger partial charge is 0.329 e. The van der Waals surface area contributed by atoms with E-state index in [0.717, 1.165) is 13.1 Å². The average Bonchev–Trinajstić information content (AvgIpc) is 2.63. The molecule has 1 heterocycles. The zero-order valence-corrected chi connectivity index (χ0v) is 12.2. The highest BCUT2D eigenvalue weighted by molar-refractivity contribution is 9.10. The highest BCUT2D eigenvalue weighted by Gasteiger charge is 2.33. The molecule has 0 spiro atoms. The van der Waals surface area contributed by atoms with Crippen molar-refractivity contribution < 1.29 is 0 Å². The van der Waals surface area contributed by atoms with Crippen molar-refractivity contribution in [2.75, 3.05) is 19.6 Å². The average molecular weight is 297 g/mol. The molecular formula is C14H21BrN2. The molecular weight excluding hydrogens is 276 g/mol. The third-order valence-corrected chi connectivity index (χ3v) is 4.36. The monoisotopic (exact) mass is 296 g/mol. The molecule has 0 saturated carbocycles. The molecule has 0 radical (unpaired) electrons. The van der Waals surface area contributed by atoms with E-state index in [-0.39, 0.29) is 0 Å². The smallest absolute Gasteiger partial charge is 0.0481 e. The molecule has 1 atom stereocenters. The lowest BCUT2D eigenvalue weighted by Crippen LogP contribution is -2.33. The van der Waals surface area contributed by atoms with Gasteiger partial charge in [-0.05, 0) is 30.0 Å². The lowest BCUT2D eigenvalue weighted by Gasteiger charge is -2.29. The Hall–Kier alpha value is -0.380. The molecule has 94 valence electrons. The molecule has 2 nitrogen and oxygen atoms in total. The Kier molecular flexibility index (Phi) is 3.91. The number of hydrogen-bond donors (Lipinski definition) is 1. The first-order valence-electron chi connectivity index (χ1n) is 6.22. The summed E-state index contributed by atoms with van der Waals surface area (Å²) in [4.78, 5) is 2.51. The van der Waals surface area contributed by atoms with E-state index in [0.29, 0.717) is 18.0 Å². The van der Waals surface area contributed by atoms with Crippen LogP contribution in [0.1, 0.15) is 31.9 Å². The van der Waals surface area contributed by atoms with Gasteiger partial charge in [-0.15, -0.1) is 0 Å². The van der Waals surface area contributed by atoms with E-state index in [1.807, 2.05) is 0 Å². The van der Waals surface area contributed by atoms with E-state index in [4.69, 9.17) is 5.73 Å². The van der Waals surface area contributed by atoms with E-state index in [9.17, 15) is 0 Å². The Morgan fingerprint density at radius 3 is 2.65 bits per heavy atom. The van der Waals surface area contributed by atoms with Gasteiger partial charge in [0.25, 0.3) is 0 Å². The van der Waals surface area contributed by atoms with Gasteiger partial charge in [-0.3, -0.25) is 4.90 Å². The summed E-state index contributed by atoms with van der Waals surface area (Å²) in [6, 6.07) is 8.75. The molecule has 1 fully saturated rings. The molecule has 1 aromatic rings. The summed E-state index contributed by atoms with van der Waals surface area (Å²) in [5.41, 5.74) is 7.72. The summed E-state index contributed by atoms with van der Waals surface area (Å²) < 4.78 is 1.17. The Morgan fingerprint density at radius 2 is 2.12 bits per heavy atom. The Bertz CT molecular complexity index is 390. The Labute approximate surface area is 112 Å². The maximum absolute atomic E-state index is 5.98. The van der Waals surface area contributed by atoms with E-state index in [1.54, 1.807) is 0 Å². The maximum atomic E-state index is 5.98. The van der Waals surface area contributed by atoms with Gasteiger partial charge in [0, 0.05) is 23.6 Å². The van der Waals surface area contributed by atoms with E-state index < -0.39 is 0 Å². The predicted molar refractivity (Wildman–Crippen MR) is 75.9 cm³/mol. The molecule has 2 N–H and O–H groups in total. The van der Waals surface area contributed by atoms with Crippen molar-refractivity contribution in [2.45, 2.75) is 26.3 Å². The fourth-order valence-electron chi connectivity index (χ4n) is 2.64. The molecule has 17 heavy (non-hydrogen) atoms. The van der Waals surface area contributed by atoms with Crippen molar-refractivity contribution >= 4 is 15.9 Å². The van der Waals surface area contributed by atoms with Gasteiger partial charge in [0.15, 0.2) is 0 Å². The maximum Gasteiger partial charge on any atom is 0.0481 e. The van der Waals surface area contributed by atoms with Crippen LogP contribution in [0.3, 0.4) is 0 Å². The molecule has 1 aliphatic rings. The number of nitrogens with zero attached hydrogens (tertiary/aromatic N) is 1. The van der Waals surface area contributed by atoms with Crippen LogP contribution in [0.4, 0.5) is 0 Å². The zero-order valence-electron chi connectivity index (χ0n) is 10.6. The first kappa shape index (κ1) is 13.1. The van der Waals surface area contributed by atoms with Crippen molar-refractivity contribution in [3.05, 3.63) is 34.3 Å². The van der Waals surface area contributed by atoms with Gasteiger partial charge in [0.1, 0.15) is 0 Å². The number of hydrogen-bond acceptors (Lipinski definition) is 2. The second-order valence-corrected chi connectivity index (χ2v) is 6.51. The van der Waals surface area contributed by atoms with Crippen LogP contribution in [0, 0.1) is 5.41 Å². The molecule has 1 aliphatic heterocycles. The highest BCUT2D eigenvalue weighted by atomic mass is 79.9. The number of rotatable bonds is 3. The van der Waals surface area contributed by atoms with Crippen LogP contribution in [-0.2, 0) is 0 Å². The molecule has 0 amide bonds. The van der Waals surface area contributed by atoms with E-state index in [2.05, 4.69) is 58.9 Å². The van der Waals surface area contributed by atoms with Crippen LogP contribution in [0.5, 0.6) is 0 Å². The number of nitrogens with two attached hydrogens (primary N) is 1. The van der Waals surface area contributed by atoms with Crippen LogP contribution in [0.15, 0.2) is 28.7 Å². The van der Waals surface area contributed by atoms with Crippen molar-refractivity contribution in [3.8, 4) is 0 Å². The van der Waals surface area contributed by atoms with Gasteiger partial charge in [-0.25, -0.2) is 0 Å². The first-order chi connectivity index (χ1) is 8.03. The van der Waals surface area contributed by atoms with Gasteiger partial charge < -0.3 is 5.73 Å². The molecule has 1 saturated heterocycles. The van der Waals surface area contributed by atoms with Gasteiger partial charge in [-0.2, -0.15) is 0 Å². The quantitative estimate of drug-likeness (QED) is 0.928. The van der Waals surface area contributed by atoms with Crippen molar-refractivity contribution in [2.24, 2.45) is 11.1 Å². The molecule has 1 aromatic carbocycles. The highest BCUT2D eigenvalue weighted by Crippen LogP contribution is 2.36. The van der Waals surface area contributed by atoms with Crippen molar-refractivity contribution in [1.82, 2.24) is 4.90 Å². The molecule has 0 bridgehead atoms. The summed E-state index contributed by atoms with van der Waals surface area (Å²) in [7, 11) is 0. The van der Waals surface area contributed by atoms with Crippen LogP contribution in [0.2, 0.25) is 0 Å². The van der Waals surface area contributed by atoms with Crippen LogP contribution < -0.4 is 5.73 Å². The molecule has 2 rings (SSSR count). The molecule has 3 heteroatoms. The summed E-state index contributed by atoms with van der Waals surface area (Å²) in [6.07, 6.45) is 1.26. The summed E-state index contributed by atoms with van der Waals surface area (Å²) in [5.74, 6) is 0. The second-order valence-electron chi connectivity index (χ2n) is 5.66. The molecule has 0 aromatic heterocycles. The standard InChI is InChI=1S/C14H21BrN2/c1-14(2)7-8-17(10-14)13(9-16)11-5-3-4-6-12(11)15/h3-6,13H,7-10,16H2,1-2H3. The minimum absolute atomic E-state index is 0.340. The zero-order chi connectivity index (χ0) is 12.5. The summed E-state index contributed by atoms with van der Waals surface area (Å²) in [5, 5.41) is 0. The van der Waals surface area contributed by atoms with Gasteiger partial charge in [0.2, 0.25) is 0 Å². The van der Waals surface area contributed by atoms with Crippen LogP contribution >= 0.6 is 15.9 Å². The number of benzene rings is 1. The van der Waals surface area contributed by atoms with Crippen LogP contribution in [0.25, 0.3) is 0 Å². The predicted octanol–water partition coefficient (Wildman–Crippen LogP) is 3.18. The van der Waals surface area contributed by atoms with Gasteiger partial charge >= 0.3 is 0 Å². The second kappa shape index (κ2) is 5.09. The summed E-state index contributed by atoms with van der Waals surface area (Å²) in [6.45, 7) is 7.63. The topological polar surface area (TPSA) is 29.3 Å². The van der Waals surface area contributed by atoms with E-state index in [1.165, 1.54) is 16.5 Å².